The number of rotatable bonds is 5. The van der Waals surface area contributed by atoms with Crippen molar-refractivity contribution in [2.24, 2.45) is 0 Å². The number of pyridine rings is 1. The molecule has 2 aromatic carbocycles. The average Bonchev–Trinajstić information content (AvgIpc) is 3.00. The molecule has 0 aliphatic heterocycles. The van der Waals surface area contributed by atoms with Crippen molar-refractivity contribution in [3.63, 3.8) is 0 Å². The van der Waals surface area contributed by atoms with Crippen LogP contribution >= 0.6 is 0 Å². The Hall–Kier alpha value is -3.03. The van der Waals surface area contributed by atoms with Gasteiger partial charge in [-0.2, -0.15) is 5.10 Å². The second kappa shape index (κ2) is 7.42. The van der Waals surface area contributed by atoms with Gasteiger partial charge in [-0.25, -0.2) is 17.8 Å². The first-order valence-corrected chi connectivity index (χ1v) is 10.8. The second-order valence-corrected chi connectivity index (χ2v) is 8.80. The van der Waals surface area contributed by atoms with Crippen LogP contribution in [0.3, 0.4) is 0 Å². The normalized spacial score (nSPS) is 11.8. The molecule has 6 nitrogen and oxygen atoms in total. The highest BCUT2D eigenvalue weighted by Gasteiger charge is 2.20. The summed E-state index contributed by atoms with van der Waals surface area (Å²) in [5.41, 5.74) is 4.96. The first kappa shape index (κ1) is 19.3. The molecule has 4 aromatic rings. The summed E-state index contributed by atoms with van der Waals surface area (Å²) in [5, 5.41) is 5.39. The Kier molecular flexibility index (Phi) is 4.94. The highest BCUT2D eigenvalue weighted by molar-refractivity contribution is 7.89. The third kappa shape index (κ3) is 3.66. The summed E-state index contributed by atoms with van der Waals surface area (Å²) in [6, 6.07) is 16.9. The van der Waals surface area contributed by atoms with Crippen LogP contribution in [0.1, 0.15) is 22.5 Å². The number of fused-ring (bicyclic) bond motifs is 1. The summed E-state index contributed by atoms with van der Waals surface area (Å²) >= 11 is 0. The topological polar surface area (TPSA) is 76.9 Å². The Labute approximate surface area is 170 Å². The molecule has 4 rings (SSSR count). The van der Waals surface area contributed by atoms with Crippen LogP contribution in [0.15, 0.2) is 65.7 Å². The van der Waals surface area contributed by atoms with Gasteiger partial charge in [-0.15, -0.1) is 0 Å². The van der Waals surface area contributed by atoms with E-state index in [0.717, 1.165) is 33.6 Å². The number of hydrogen-bond donors (Lipinski definition) is 1. The molecule has 0 amide bonds. The van der Waals surface area contributed by atoms with Gasteiger partial charge in [0.1, 0.15) is 4.90 Å². The van der Waals surface area contributed by atoms with Gasteiger partial charge >= 0.3 is 0 Å². The standard InChI is InChI=1S/C22H22N4O2S/c1-15-12-18-8-7-11-21(22(18)23-13-15)29(27,28)24-14-20-16(2)25-26(17(20)3)19-9-5-4-6-10-19/h4-13,24H,14H2,1-3H3. The number of benzene rings is 2. The molecule has 0 saturated carbocycles. The molecule has 1 N–H and O–H groups in total. The smallest absolute Gasteiger partial charge is 0.243 e. The van der Waals surface area contributed by atoms with Crippen molar-refractivity contribution in [3.05, 3.63) is 83.3 Å². The highest BCUT2D eigenvalue weighted by atomic mass is 32.2. The largest absolute Gasteiger partial charge is 0.255 e. The van der Waals surface area contributed by atoms with Crippen LogP contribution in [0.4, 0.5) is 0 Å². The maximum atomic E-state index is 13.0. The van der Waals surface area contributed by atoms with Gasteiger partial charge in [-0.1, -0.05) is 30.3 Å². The Morgan fingerprint density at radius 2 is 1.76 bits per heavy atom. The molecule has 0 unspecified atom stereocenters. The molecule has 148 valence electrons. The zero-order valence-corrected chi connectivity index (χ0v) is 17.4. The molecule has 0 saturated heterocycles. The van der Waals surface area contributed by atoms with Gasteiger partial charge in [-0.3, -0.25) is 4.98 Å². The fraction of sp³-hybridized carbons (Fsp3) is 0.182. The van der Waals surface area contributed by atoms with E-state index < -0.39 is 10.0 Å². The third-order valence-corrected chi connectivity index (χ3v) is 6.41. The minimum absolute atomic E-state index is 0.162. The molecule has 0 fully saturated rings. The Balaban J connectivity index is 1.65. The van der Waals surface area contributed by atoms with Crippen molar-refractivity contribution < 1.29 is 8.42 Å². The minimum atomic E-state index is -3.74. The number of nitrogens with one attached hydrogen (secondary N) is 1. The molecule has 0 bridgehead atoms. The molecule has 0 spiro atoms. The molecular weight excluding hydrogens is 384 g/mol. The molecule has 7 heteroatoms. The highest BCUT2D eigenvalue weighted by Crippen LogP contribution is 2.23. The zero-order chi connectivity index (χ0) is 20.6. The van der Waals surface area contributed by atoms with Crippen LogP contribution in [0.5, 0.6) is 0 Å². The number of para-hydroxylation sites is 2. The molecular formula is C22H22N4O2S. The Bertz CT molecular complexity index is 1300. The predicted molar refractivity (Wildman–Crippen MR) is 114 cm³/mol. The summed E-state index contributed by atoms with van der Waals surface area (Å²) in [7, 11) is -3.74. The van der Waals surface area contributed by atoms with Crippen LogP contribution in [0, 0.1) is 20.8 Å². The molecule has 2 heterocycles. The third-order valence-electron chi connectivity index (χ3n) is 4.98. The Morgan fingerprint density at radius 3 is 2.52 bits per heavy atom. The van der Waals surface area contributed by atoms with Crippen molar-refractivity contribution in [1.82, 2.24) is 19.5 Å². The fourth-order valence-electron chi connectivity index (χ4n) is 3.46. The summed E-state index contributed by atoms with van der Waals surface area (Å²) < 4.78 is 30.6. The van der Waals surface area contributed by atoms with Crippen LogP contribution in [0.2, 0.25) is 0 Å². The van der Waals surface area contributed by atoms with Gasteiger partial charge in [-0.05, 0) is 50.6 Å². The fourth-order valence-corrected chi connectivity index (χ4v) is 4.63. The predicted octanol–water partition coefficient (Wildman–Crippen LogP) is 3.82. The number of hydrogen-bond acceptors (Lipinski definition) is 4. The lowest BCUT2D eigenvalue weighted by Crippen LogP contribution is -2.24. The van der Waals surface area contributed by atoms with E-state index in [-0.39, 0.29) is 11.4 Å². The van der Waals surface area contributed by atoms with Crippen LogP contribution in [-0.2, 0) is 16.6 Å². The van der Waals surface area contributed by atoms with E-state index in [1.165, 1.54) is 0 Å². The van der Waals surface area contributed by atoms with E-state index >= 15 is 0 Å². The Morgan fingerprint density at radius 1 is 1.00 bits per heavy atom. The van der Waals surface area contributed by atoms with Gasteiger partial charge in [0.05, 0.1) is 16.9 Å². The van der Waals surface area contributed by atoms with E-state index in [1.54, 1.807) is 18.3 Å². The summed E-state index contributed by atoms with van der Waals surface area (Å²) in [6.45, 7) is 5.92. The van der Waals surface area contributed by atoms with Crippen molar-refractivity contribution in [2.75, 3.05) is 0 Å². The van der Waals surface area contributed by atoms with Crippen LogP contribution < -0.4 is 4.72 Å². The SMILES string of the molecule is Cc1cnc2c(S(=O)(=O)NCc3c(C)nn(-c4ccccc4)c3C)cccc2c1. The second-order valence-electron chi connectivity index (χ2n) is 7.06. The van der Waals surface area contributed by atoms with E-state index in [1.807, 2.05) is 67.9 Å². The quantitative estimate of drug-likeness (QED) is 0.547. The van der Waals surface area contributed by atoms with Crippen LogP contribution in [0.25, 0.3) is 16.6 Å². The monoisotopic (exact) mass is 406 g/mol. The molecule has 0 radical (unpaired) electrons. The molecule has 0 aliphatic rings. The summed E-state index contributed by atoms with van der Waals surface area (Å²) in [4.78, 5) is 4.53. The molecule has 0 atom stereocenters. The summed E-state index contributed by atoms with van der Waals surface area (Å²) in [5.74, 6) is 0. The lowest BCUT2D eigenvalue weighted by molar-refractivity contribution is 0.582. The van der Waals surface area contributed by atoms with Crippen molar-refractivity contribution >= 4 is 20.9 Å². The van der Waals surface area contributed by atoms with E-state index in [2.05, 4.69) is 14.8 Å². The van der Waals surface area contributed by atoms with Gasteiger partial charge in [0, 0.05) is 29.4 Å². The van der Waals surface area contributed by atoms with E-state index in [4.69, 9.17) is 0 Å². The zero-order valence-electron chi connectivity index (χ0n) is 16.5. The first-order chi connectivity index (χ1) is 13.9. The number of aryl methyl sites for hydroxylation is 2. The van der Waals surface area contributed by atoms with Crippen molar-refractivity contribution in [3.8, 4) is 5.69 Å². The van der Waals surface area contributed by atoms with Crippen LogP contribution in [-0.4, -0.2) is 23.2 Å². The number of sulfonamides is 1. The van der Waals surface area contributed by atoms with Crippen molar-refractivity contribution in [1.29, 1.82) is 0 Å². The van der Waals surface area contributed by atoms with Gasteiger partial charge in [0.15, 0.2) is 0 Å². The maximum absolute atomic E-state index is 13.0. The minimum Gasteiger partial charge on any atom is -0.255 e. The molecule has 29 heavy (non-hydrogen) atoms. The van der Waals surface area contributed by atoms with Gasteiger partial charge in [0.2, 0.25) is 10.0 Å². The average molecular weight is 407 g/mol. The van der Waals surface area contributed by atoms with E-state index in [9.17, 15) is 8.42 Å². The lowest BCUT2D eigenvalue weighted by atomic mass is 10.2. The maximum Gasteiger partial charge on any atom is 0.243 e. The summed E-state index contributed by atoms with van der Waals surface area (Å²) in [6.07, 6.45) is 1.68. The van der Waals surface area contributed by atoms with Gasteiger partial charge < -0.3 is 0 Å². The van der Waals surface area contributed by atoms with Gasteiger partial charge in [0.25, 0.3) is 0 Å². The molecule has 2 aromatic heterocycles. The lowest BCUT2D eigenvalue weighted by Gasteiger charge is -2.10. The van der Waals surface area contributed by atoms with E-state index in [0.29, 0.717) is 5.52 Å². The number of aromatic nitrogens is 3. The molecule has 0 aliphatic carbocycles. The number of nitrogens with zero attached hydrogens (tertiary/aromatic N) is 3. The van der Waals surface area contributed by atoms with Crippen molar-refractivity contribution in [2.45, 2.75) is 32.2 Å². The first-order valence-electron chi connectivity index (χ1n) is 9.32.